The fourth-order valence-electron chi connectivity index (χ4n) is 4.05. The van der Waals surface area contributed by atoms with Gasteiger partial charge < -0.3 is 4.90 Å². The summed E-state index contributed by atoms with van der Waals surface area (Å²) >= 11 is 0. The van der Waals surface area contributed by atoms with Crippen molar-refractivity contribution < 1.29 is 0 Å². The van der Waals surface area contributed by atoms with E-state index in [9.17, 15) is 0 Å². The van der Waals surface area contributed by atoms with Crippen LogP contribution in [0.25, 0.3) is 22.3 Å². The van der Waals surface area contributed by atoms with Gasteiger partial charge in [0, 0.05) is 16.8 Å². The first-order valence-electron chi connectivity index (χ1n) is 9.53. The van der Waals surface area contributed by atoms with Crippen LogP contribution in [0.1, 0.15) is 12.5 Å². The van der Waals surface area contributed by atoms with E-state index in [1.54, 1.807) is 0 Å². The van der Waals surface area contributed by atoms with Crippen molar-refractivity contribution in [1.29, 1.82) is 0 Å². The Morgan fingerprint density at radius 2 is 1.15 bits per heavy atom. The minimum Gasteiger partial charge on any atom is -0.309 e. The lowest BCUT2D eigenvalue weighted by molar-refractivity contribution is 1.14. The van der Waals surface area contributed by atoms with Gasteiger partial charge in [-0.15, -0.1) is 0 Å². The molecule has 1 heteroatoms. The highest BCUT2D eigenvalue weighted by molar-refractivity contribution is 6.02. The van der Waals surface area contributed by atoms with Crippen LogP contribution in [0.2, 0.25) is 0 Å². The van der Waals surface area contributed by atoms with Crippen LogP contribution in [-0.2, 0) is 6.42 Å². The van der Waals surface area contributed by atoms with Gasteiger partial charge in [0.1, 0.15) is 0 Å². The van der Waals surface area contributed by atoms with Crippen molar-refractivity contribution in [1.82, 2.24) is 0 Å². The average molecular weight is 347 g/mol. The third-order valence-corrected chi connectivity index (χ3v) is 5.38. The first-order chi connectivity index (χ1) is 13.4. The van der Waals surface area contributed by atoms with E-state index in [4.69, 9.17) is 0 Å². The van der Waals surface area contributed by atoms with Crippen LogP contribution < -0.4 is 4.90 Å². The minimum atomic E-state index is 1.04. The molecule has 27 heavy (non-hydrogen) atoms. The Hall–Kier alpha value is -3.32. The molecule has 0 bridgehead atoms. The molecule has 0 aliphatic carbocycles. The molecule has 4 aromatic carbocycles. The standard InChI is InChI=1S/C26H21N/c1-2-19-16-17-26-24(18-19)22-13-7-6-12-21(22)23-14-8-9-15-25(23)27(26)20-10-4-3-5-11-20/h3-18H,2H2,1H3. The molecule has 1 nitrogen and oxygen atoms in total. The van der Waals surface area contributed by atoms with Gasteiger partial charge in [-0.25, -0.2) is 0 Å². The van der Waals surface area contributed by atoms with E-state index in [1.807, 2.05) is 0 Å². The van der Waals surface area contributed by atoms with E-state index in [0.717, 1.165) is 6.42 Å². The summed E-state index contributed by atoms with van der Waals surface area (Å²) in [4.78, 5) is 2.39. The molecule has 0 saturated carbocycles. The molecule has 0 atom stereocenters. The van der Waals surface area contributed by atoms with Gasteiger partial charge in [-0.3, -0.25) is 0 Å². The fourth-order valence-corrected chi connectivity index (χ4v) is 4.05. The number of para-hydroxylation sites is 2. The number of nitrogens with zero attached hydrogens (tertiary/aromatic N) is 1. The summed E-state index contributed by atoms with van der Waals surface area (Å²) < 4.78 is 0. The largest absolute Gasteiger partial charge is 0.309 e. The summed E-state index contributed by atoms with van der Waals surface area (Å²) in [5.74, 6) is 0. The van der Waals surface area contributed by atoms with Crippen LogP contribution in [0.4, 0.5) is 17.1 Å². The van der Waals surface area contributed by atoms with E-state index >= 15 is 0 Å². The van der Waals surface area contributed by atoms with E-state index in [-0.39, 0.29) is 0 Å². The summed E-state index contributed by atoms with van der Waals surface area (Å²) in [6, 6.07) is 35.0. The Morgan fingerprint density at radius 3 is 1.89 bits per heavy atom. The van der Waals surface area contributed by atoms with Crippen molar-refractivity contribution in [3.63, 3.8) is 0 Å². The van der Waals surface area contributed by atoms with Crippen LogP contribution in [0.15, 0.2) is 97.1 Å². The molecule has 1 heterocycles. The van der Waals surface area contributed by atoms with Gasteiger partial charge >= 0.3 is 0 Å². The topological polar surface area (TPSA) is 3.24 Å². The Balaban J connectivity index is 1.91. The number of aryl methyl sites for hydroxylation is 1. The van der Waals surface area contributed by atoms with Crippen LogP contribution in [0.5, 0.6) is 0 Å². The predicted molar refractivity (Wildman–Crippen MR) is 115 cm³/mol. The molecule has 5 rings (SSSR count). The Kier molecular flexibility index (Phi) is 3.79. The van der Waals surface area contributed by atoms with Crippen molar-refractivity contribution in [2.24, 2.45) is 0 Å². The number of hydrogen-bond donors (Lipinski definition) is 0. The van der Waals surface area contributed by atoms with E-state index in [0.29, 0.717) is 0 Å². The lowest BCUT2D eigenvalue weighted by Crippen LogP contribution is -2.10. The maximum Gasteiger partial charge on any atom is 0.0540 e. The second-order valence-electron chi connectivity index (χ2n) is 6.94. The summed E-state index contributed by atoms with van der Waals surface area (Å²) in [6.45, 7) is 2.22. The third-order valence-electron chi connectivity index (χ3n) is 5.38. The minimum absolute atomic E-state index is 1.04. The molecule has 0 fully saturated rings. The van der Waals surface area contributed by atoms with Gasteiger partial charge in [0.15, 0.2) is 0 Å². The summed E-state index contributed by atoms with van der Waals surface area (Å²) in [5, 5.41) is 0. The van der Waals surface area contributed by atoms with Crippen molar-refractivity contribution in [2.45, 2.75) is 13.3 Å². The number of anilines is 3. The molecular weight excluding hydrogens is 326 g/mol. The number of benzene rings is 4. The highest BCUT2D eigenvalue weighted by atomic mass is 15.1. The van der Waals surface area contributed by atoms with Gasteiger partial charge in [-0.2, -0.15) is 0 Å². The first-order valence-corrected chi connectivity index (χ1v) is 9.53. The van der Waals surface area contributed by atoms with Crippen LogP contribution in [-0.4, -0.2) is 0 Å². The van der Waals surface area contributed by atoms with Crippen molar-refractivity contribution in [3.8, 4) is 22.3 Å². The summed E-state index contributed by atoms with van der Waals surface area (Å²) in [5.41, 5.74) is 10.2. The average Bonchev–Trinajstić information content (AvgIpc) is 2.87. The van der Waals surface area contributed by atoms with Gasteiger partial charge in [-0.05, 0) is 53.4 Å². The molecule has 1 aliphatic heterocycles. The molecule has 4 aromatic rings. The fraction of sp³-hybridized carbons (Fsp3) is 0.0769. The molecule has 0 saturated heterocycles. The van der Waals surface area contributed by atoms with Crippen molar-refractivity contribution >= 4 is 17.1 Å². The first kappa shape index (κ1) is 15.9. The Morgan fingerprint density at radius 1 is 0.556 bits per heavy atom. The van der Waals surface area contributed by atoms with Gasteiger partial charge in [0.25, 0.3) is 0 Å². The zero-order chi connectivity index (χ0) is 18.2. The SMILES string of the molecule is CCc1ccc2c(c1)-c1ccccc1-c1ccccc1N2c1ccccc1. The van der Waals surface area contributed by atoms with Crippen LogP contribution in [0, 0.1) is 0 Å². The van der Waals surface area contributed by atoms with E-state index < -0.39 is 0 Å². The summed E-state index contributed by atoms with van der Waals surface area (Å²) in [6.07, 6.45) is 1.04. The predicted octanol–water partition coefficient (Wildman–Crippen LogP) is 7.37. The third kappa shape index (κ3) is 2.55. The molecule has 0 radical (unpaired) electrons. The van der Waals surface area contributed by atoms with Gasteiger partial charge in [0.05, 0.1) is 11.4 Å². The highest BCUT2D eigenvalue weighted by Crippen LogP contribution is 2.50. The number of rotatable bonds is 2. The summed E-state index contributed by atoms with van der Waals surface area (Å²) in [7, 11) is 0. The zero-order valence-electron chi connectivity index (χ0n) is 15.4. The lowest BCUT2D eigenvalue weighted by Gasteiger charge is -2.27. The molecule has 1 aliphatic rings. The van der Waals surface area contributed by atoms with E-state index in [2.05, 4.69) is 109 Å². The Labute approximate surface area is 160 Å². The maximum absolute atomic E-state index is 2.39. The van der Waals surface area contributed by atoms with Crippen molar-refractivity contribution in [3.05, 3.63) is 103 Å². The van der Waals surface area contributed by atoms with E-state index in [1.165, 1.54) is 44.9 Å². The molecule has 130 valence electrons. The lowest BCUT2D eigenvalue weighted by atomic mass is 9.93. The number of fused-ring (bicyclic) bond motifs is 5. The zero-order valence-corrected chi connectivity index (χ0v) is 15.4. The Bertz CT molecular complexity index is 1110. The smallest absolute Gasteiger partial charge is 0.0540 e. The highest BCUT2D eigenvalue weighted by Gasteiger charge is 2.25. The van der Waals surface area contributed by atoms with Crippen LogP contribution >= 0.6 is 0 Å². The molecule has 0 unspecified atom stereocenters. The van der Waals surface area contributed by atoms with Crippen molar-refractivity contribution in [2.75, 3.05) is 4.90 Å². The molecule has 0 aromatic heterocycles. The second-order valence-corrected chi connectivity index (χ2v) is 6.94. The van der Waals surface area contributed by atoms with Gasteiger partial charge in [0.2, 0.25) is 0 Å². The second kappa shape index (κ2) is 6.44. The molecule has 0 N–H and O–H groups in total. The molecular formula is C26H21N. The normalized spacial score (nSPS) is 12.0. The molecule has 0 spiro atoms. The quantitative estimate of drug-likeness (QED) is 0.322. The monoisotopic (exact) mass is 347 g/mol. The maximum atomic E-state index is 2.39. The molecule has 0 amide bonds. The number of hydrogen-bond acceptors (Lipinski definition) is 1. The van der Waals surface area contributed by atoms with Gasteiger partial charge in [-0.1, -0.05) is 73.7 Å². The van der Waals surface area contributed by atoms with Crippen LogP contribution in [0.3, 0.4) is 0 Å².